The third-order valence-corrected chi connectivity index (χ3v) is 5.20. The molecule has 0 atom stereocenters. The number of hydrogen-bond donors (Lipinski definition) is 0. The second-order valence-corrected chi connectivity index (χ2v) is 8.59. The standard InChI is InChI=1S/2C14H24O4.Cd/c2*1-2-3-4-5-6-7-8-9-12-18-14(17)11-10-13(15)16;/h2*10-11H,2-9,12H2,1H3,(H,15,16);/q;;+2/p-2/b2*11-10-;. The maximum Gasteiger partial charge on any atom is 2.00 e. The number of carbonyl (C=O) groups excluding carboxylic acids is 4. The van der Waals surface area contributed by atoms with Crippen LogP contribution < -0.4 is 10.2 Å². The molecule has 0 heterocycles. The van der Waals surface area contributed by atoms with Crippen LogP contribution in [0.3, 0.4) is 0 Å². The van der Waals surface area contributed by atoms with Crippen molar-refractivity contribution >= 4 is 23.9 Å². The maximum absolute atomic E-state index is 11.0. The van der Waals surface area contributed by atoms with E-state index in [4.69, 9.17) is 9.47 Å². The van der Waals surface area contributed by atoms with E-state index in [1.165, 1.54) is 64.2 Å². The van der Waals surface area contributed by atoms with E-state index >= 15 is 0 Å². The van der Waals surface area contributed by atoms with E-state index < -0.39 is 23.9 Å². The Balaban J connectivity index is -0.000000608. The maximum atomic E-state index is 11.0. The topological polar surface area (TPSA) is 133 Å². The molecule has 0 aliphatic carbocycles. The summed E-state index contributed by atoms with van der Waals surface area (Å²) in [5.74, 6) is -4.03. The van der Waals surface area contributed by atoms with E-state index in [1.807, 2.05) is 0 Å². The van der Waals surface area contributed by atoms with E-state index in [2.05, 4.69) is 13.8 Å². The monoisotopic (exact) mass is 624 g/mol. The van der Waals surface area contributed by atoms with Gasteiger partial charge >= 0.3 is 39.2 Å². The van der Waals surface area contributed by atoms with E-state index in [1.54, 1.807) is 0 Å². The number of carboxylic acid groups (broad SMARTS) is 2. The van der Waals surface area contributed by atoms with Gasteiger partial charge in [0.15, 0.2) is 0 Å². The van der Waals surface area contributed by atoms with E-state index in [9.17, 15) is 29.4 Å². The fraction of sp³-hybridized carbons (Fsp3) is 0.714. The molecule has 0 unspecified atom stereocenters. The van der Waals surface area contributed by atoms with Gasteiger partial charge in [0, 0.05) is 12.2 Å². The van der Waals surface area contributed by atoms with E-state index in [0.29, 0.717) is 25.4 Å². The summed E-state index contributed by atoms with van der Waals surface area (Å²) >= 11 is 0. The number of rotatable bonds is 22. The zero-order chi connectivity index (χ0) is 27.3. The van der Waals surface area contributed by atoms with Crippen molar-refractivity contribution in [1.82, 2.24) is 0 Å². The van der Waals surface area contributed by atoms with Gasteiger partial charge in [0.1, 0.15) is 0 Å². The summed E-state index contributed by atoms with van der Waals surface area (Å²) in [6.45, 7) is 5.10. The normalized spacial score (nSPS) is 10.4. The van der Waals surface area contributed by atoms with Crippen LogP contribution in [0.15, 0.2) is 24.3 Å². The van der Waals surface area contributed by atoms with E-state index in [-0.39, 0.29) is 27.3 Å². The number of unbranched alkanes of at least 4 members (excludes halogenated alkanes) is 14. The number of ether oxygens (including phenoxy) is 2. The molecule has 0 N–H and O–H groups in total. The molecule has 0 saturated carbocycles. The summed E-state index contributed by atoms with van der Waals surface area (Å²) in [5, 5.41) is 20.0. The molecule has 0 aliphatic heterocycles. The molecular weight excluding hydrogens is 577 g/mol. The summed E-state index contributed by atoms with van der Waals surface area (Å²) in [4.78, 5) is 42.0. The zero-order valence-corrected chi connectivity index (χ0v) is 27.0. The molecule has 0 fully saturated rings. The predicted octanol–water partition coefficient (Wildman–Crippen LogP) is 3.95. The Bertz CT molecular complexity index is 578. The number of carboxylic acids is 2. The third kappa shape index (κ3) is 39.0. The number of hydrogen-bond acceptors (Lipinski definition) is 8. The Labute approximate surface area is 243 Å². The molecule has 0 aromatic heterocycles. The molecule has 0 spiro atoms. The molecular formula is C28H46CdO8. The van der Waals surface area contributed by atoms with Gasteiger partial charge in [0.2, 0.25) is 0 Å². The minimum atomic E-state index is -1.39. The van der Waals surface area contributed by atoms with Crippen molar-refractivity contribution in [3.05, 3.63) is 24.3 Å². The van der Waals surface area contributed by atoms with Gasteiger partial charge in [-0.2, -0.15) is 0 Å². The van der Waals surface area contributed by atoms with Gasteiger partial charge in [-0.05, 0) is 25.0 Å². The van der Waals surface area contributed by atoms with Crippen molar-refractivity contribution < 1.29 is 66.2 Å². The summed E-state index contributed by atoms with van der Waals surface area (Å²) in [6.07, 6.45) is 22.0. The third-order valence-electron chi connectivity index (χ3n) is 5.20. The molecule has 9 heteroatoms. The smallest absolute Gasteiger partial charge is 0.545 e. The van der Waals surface area contributed by atoms with Crippen LogP contribution in [0.25, 0.3) is 0 Å². The second-order valence-electron chi connectivity index (χ2n) is 8.59. The Kier molecular flexibility index (Phi) is 34.7. The Morgan fingerprint density at radius 2 is 0.757 bits per heavy atom. The number of esters is 2. The first-order chi connectivity index (χ1) is 17.3. The van der Waals surface area contributed by atoms with Crippen molar-refractivity contribution in [3.8, 4) is 0 Å². The molecule has 0 aromatic rings. The van der Waals surface area contributed by atoms with Crippen LogP contribution in [0.1, 0.15) is 117 Å². The molecule has 208 valence electrons. The SMILES string of the molecule is CCCCCCCCCCOC(=O)/C=C\C(=O)[O-].CCCCCCCCCCOC(=O)/C=C\C(=O)[O-].[Cd+2]. The van der Waals surface area contributed by atoms with Crippen molar-refractivity contribution in [2.45, 2.75) is 117 Å². The van der Waals surface area contributed by atoms with Crippen molar-refractivity contribution in [3.63, 3.8) is 0 Å². The summed E-state index contributed by atoms with van der Waals surface area (Å²) < 4.78 is 9.64. The fourth-order valence-corrected chi connectivity index (χ4v) is 3.19. The van der Waals surface area contributed by atoms with Gasteiger partial charge in [0.25, 0.3) is 0 Å². The Hall–Kier alpha value is -1.72. The molecule has 0 amide bonds. The molecule has 0 saturated heterocycles. The van der Waals surface area contributed by atoms with Gasteiger partial charge in [-0.15, -0.1) is 0 Å². The molecule has 0 radical (unpaired) electrons. The van der Waals surface area contributed by atoms with Crippen molar-refractivity contribution in [2.24, 2.45) is 0 Å². The largest absolute Gasteiger partial charge is 2.00 e. The summed E-state index contributed by atoms with van der Waals surface area (Å²) in [7, 11) is 0. The van der Waals surface area contributed by atoms with Crippen LogP contribution in [0.4, 0.5) is 0 Å². The van der Waals surface area contributed by atoms with Crippen LogP contribution in [0.5, 0.6) is 0 Å². The first kappa shape index (κ1) is 39.8. The molecule has 0 aliphatic rings. The van der Waals surface area contributed by atoms with Crippen LogP contribution in [-0.2, 0) is 56.0 Å². The molecule has 37 heavy (non-hydrogen) atoms. The van der Waals surface area contributed by atoms with Gasteiger partial charge in [-0.1, -0.05) is 104 Å². The number of aliphatic carboxylic acids is 2. The molecule has 0 aromatic carbocycles. The molecule has 0 bridgehead atoms. The molecule has 8 nitrogen and oxygen atoms in total. The fourth-order valence-electron chi connectivity index (χ4n) is 3.19. The van der Waals surface area contributed by atoms with Gasteiger partial charge < -0.3 is 29.3 Å². The van der Waals surface area contributed by atoms with Gasteiger partial charge in [-0.3, -0.25) is 0 Å². The number of carbonyl (C=O) groups is 4. The van der Waals surface area contributed by atoms with Gasteiger partial charge in [0.05, 0.1) is 25.2 Å². The average Bonchev–Trinajstić information content (AvgIpc) is 2.84. The summed E-state index contributed by atoms with van der Waals surface area (Å²) in [5.41, 5.74) is 0. The predicted molar refractivity (Wildman–Crippen MR) is 135 cm³/mol. The van der Waals surface area contributed by atoms with Crippen LogP contribution in [-0.4, -0.2) is 37.1 Å². The van der Waals surface area contributed by atoms with Crippen molar-refractivity contribution in [1.29, 1.82) is 0 Å². The first-order valence-electron chi connectivity index (χ1n) is 13.4. The van der Waals surface area contributed by atoms with Gasteiger partial charge in [-0.25, -0.2) is 9.59 Å². The van der Waals surface area contributed by atoms with Crippen LogP contribution in [0.2, 0.25) is 0 Å². The minimum absolute atomic E-state index is 0. The quantitative estimate of drug-likeness (QED) is 0.0767. The Morgan fingerprint density at radius 1 is 0.486 bits per heavy atom. The second kappa shape index (κ2) is 32.3. The van der Waals surface area contributed by atoms with Crippen LogP contribution in [0, 0.1) is 0 Å². The van der Waals surface area contributed by atoms with E-state index in [0.717, 1.165) is 50.7 Å². The Morgan fingerprint density at radius 3 is 1.03 bits per heavy atom. The summed E-state index contributed by atoms with van der Waals surface area (Å²) in [6, 6.07) is 0. The van der Waals surface area contributed by atoms with Crippen molar-refractivity contribution in [2.75, 3.05) is 13.2 Å². The zero-order valence-electron chi connectivity index (χ0n) is 23.0. The average molecular weight is 623 g/mol. The van der Waals surface area contributed by atoms with Crippen LogP contribution >= 0.6 is 0 Å². The first-order valence-corrected chi connectivity index (χ1v) is 13.4. The molecule has 0 rings (SSSR count). The minimum Gasteiger partial charge on any atom is -0.545 e.